The van der Waals surface area contributed by atoms with Crippen LogP contribution >= 0.6 is 0 Å². The van der Waals surface area contributed by atoms with E-state index < -0.39 is 0 Å². The van der Waals surface area contributed by atoms with E-state index in [0.29, 0.717) is 0 Å². The molecule has 0 aromatic heterocycles. The molecule has 0 aromatic rings. The first-order valence-corrected chi connectivity index (χ1v) is 2.22. The number of hydrogen-bond acceptors (Lipinski definition) is 3. The fourth-order valence-corrected chi connectivity index (χ4v) is 0.320. The van der Waals surface area contributed by atoms with Crippen LogP contribution in [0.5, 0.6) is 0 Å². The molecule has 0 saturated carbocycles. The summed E-state index contributed by atoms with van der Waals surface area (Å²) < 4.78 is 0. The second-order valence-electron chi connectivity index (χ2n) is 1.37. The van der Waals surface area contributed by atoms with Crippen molar-refractivity contribution in [3.05, 3.63) is 16.7 Å². The third-order valence-corrected chi connectivity index (χ3v) is 0.589. The number of allylic oxidation sites excluding steroid dienone is 1. The summed E-state index contributed by atoms with van der Waals surface area (Å²) in [7, 11) is 1.64. The van der Waals surface area contributed by atoms with Gasteiger partial charge in [-0.25, -0.2) is 0 Å². The first-order chi connectivity index (χ1) is 3.81. The van der Waals surface area contributed by atoms with Gasteiger partial charge < -0.3 is 0 Å². The minimum Gasteiger partial charge on any atom is -0.296 e. The van der Waals surface area contributed by atoms with E-state index in [1.807, 2.05) is 0 Å². The highest BCUT2D eigenvalue weighted by Crippen LogP contribution is 1.85. The lowest BCUT2D eigenvalue weighted by Crippen LogP contribution is -1.73. The number of nitrogens with zero attached hydrogens (tertiary/aromatic N) is 2. The Balaban J connectivity index is 3.79. The van der Waals surface area contributed by atoms with Gasteiger partial charge in [0, 0.05) is 13.3 Å². The third-order valence-electron chi connectivity index (χ3n) is 0.589. The minimum absolute atomic E-state index is 0.766. The Morgan fingerprint density at radius 1 is 1.62 bits per heavy atom. The molecule has 0 rings (SSSR count). The van der Waals surface area contributed by atoms with E-state index in [0.717, 1.165) is 5.57 Å². The van der Waals surface area contributed by atoms with Crippen molar-refractivity contribution >= 4 is 6.21 Å². The lowest BCUT2D eigenvalue weighted by atomic mass is 10.4. The van der Waals surface area contributed by atoms with Gasteiger partial charge in [-0.05, 0) is 17.7 Å². The number of rotatable bonds is 2. The highest BCUT2D eigenvalue weighted by Gasteiger charge is 1.76. The largest absolute Gasteiger partial charge is 0.296 e. The second kappa shape index (κ2) is 4.18. The Kier molecular flexibility index (Phi) is 3.66. The zero-order chi connectivity index (χ0) is 6.41. The van der Waals surface area contributed by atoms with Gasteiger partial charge in [-0.3, -0.25) is 4.99 Å². The van der Waals surface area contributed by atoms with Crippen molar-refractivity contribution in [3.63, 3.8) is 0 Å². The first-order valence-electron chi connectivity index (χ1n) is 2.22. The third kappa shape index (κ3) is 3.21. The van der Waals surface area contributed by atoms with Crippen LogP contribution in [-0.4, -0.2) is 13.3 Å². The van der Waals surface area contributed by atoms with E-state index >= 15 is 0 Å². The van der Waals surface area contributed by atoms with E-state index in [9.17, 15) is 4.91 Å². The van der Waals surface area contributed by atoms with Gasteiger partial charge in [0.1, 0.15) is 0 Å². The quantitative estimate of drug-likeness (QED) is 0.392. The normalized spacial score (nSPS) is 12.5. The highest BCUT2D eigenvalue weighted by molar-refractivity contribution is 5.77. The maximum absolute atomic E-state index is 9.50. The zero-order valence-corrected chi connectivity index (χ0v) is 4.96. The lowest BCUT2D eigenvalue weighted by Gasteiger charge is -1.79. The number of nitroso groups, excluding NO2 is 1. The summed E-state index contributed by atoms with van der Waals surface area (Å²) >= 11 is 0. The SMILES string of the molecule is CN=C/C(C)=C\N=O. The van der Waals surface area contributed by atoms with Gasteiger partial charge >= 0.3 is 0 Å². The first kappa shape index (κ1) is 7.01. The molecule has 0 atom stereocenters. The van der Waals surface area contributed by atoms with E-state index in [4.69, 9.17) is 0 Å². The second-order valence-corrected chi connectivity index (χ2v) is 1.37. The Morgan fingerprint density at radius 2 is 2.25 bits per heavy atom. The van der Waals surface area contributed by atoms with Crippen molar-refractivity contribution in [1.82, 2.24) is 0 Å². The van der Waals surface area contributed by atoms with E-state index in [1.54, 1.807) is 20.2 Å². The number of aliphatic imine (C=N–C) groups is 1. The topological polar surface area (TPSA) is 41.8 Å². The van der Waals surface area contributed by atoms with Gasteiger partial charge in [-0.15, -0.1) is 4.91 Å². The summed E-state index contributed by atoms with van der Waals surface area (Å²) in [5, 5.41) is 2.55. The van der Waals surface area contributed by atoms with Crippen molar-refractivity contribution in [2.24, 2.45) is 10.2 Å². The molecular weight excluding hydrogens is 104 g/mol. The van der Waals surface area contributed by atoms with Gasteiger partial charge in [0.05, 0.1) is 6.20 Å². The molecule has 44 valence electrons. The predicted octanol–water partition coefficient (Wildman–Crippen LogP) is 1.36. The molecule has 0 radical (unpaired) electrons. The Hall–Kier alpha value is -0.990. The molecule has 0 aromatic carbocycles. The standard InChI is InChI=1S/C5H8N2O/c1-5(3-6-2)4-7-8/h3-4H,1-2H3/b5-4-,6-3?. The van der Waals surface area contributed by atoms with Gasteiger partial charge in [-0.1, -0.05) is 0 Å². The van der Waals surface area contributed by atoms with Crippen molar-refractivity contribution in [3.8, 4) is 0 Å². The Morgan fingerprint density at radius 3 is 2.62 bits per heavy atom. The van der Waals surface area contributed by atoms with E-state index in [1.165, 1.54) is 6.20 Å². The van der Waals surface area contributed by atoms with Crippen molar-refractivity contribution in [2.45, 2.75) is 6.92 Å². The average Bonchev–Trinajstić information content (AvgIpc) is 1.68. The van der Waals surface area contributed by atoms with Crippen LogP contribution in [0.2, 0.25) is 0 Å². The molecule has 0 fully saturated rings. The fourth-order valence-electron chi connectivity index (χ4n) is 0.320. The highest BCUT2D eigenvalue weighted by atomic mass is 16.2. The van der Waals surface area contributed by atoms with E-state index in [2.05, 4.69) is 10.2 Å². The zero-order valence-electron chi connectivity index (χ0n) is 4.96. The van der Waals surface area contributed by atoms with Crippen LogP contribution in [-0.2, 0) is 0 Å². The van der Waals surface area contributed by atoms with Gasteiger partial charge in [0.15, 0.2) is 0 Å². The Labute approximate surface area is 48.1 Å². The molecule has 3 heteroatoms. The summed E-state index contributed by atoms with van der Waals surface area (Å²) in [6.45, 7) is 1.76. The molecule has 0 unspecified atom stereocenters. The predicted molar refractivity (Wildman–Crippen MR) is 34.0 cm³/mol. The summed E-state index contributed by atoms with van der Waals surface area (Å²) in [6, 6.07) is 0. The summed E-state index contributed by atoms with van der Waals surface area (Å²) in [4.78, 5) is 13.2. The van der Waals surface area contributed by atoms with Crippen LogP contribution in [0.15, 0.2) is 21.9 Å². The van der Waals surface area contributed by atoms with Crippen molar-refractivity contribution in [2.75, 3.05) is 7.05 Å². The smallest absolute Gasteiger partial charge is 0.0759 e. The molecule has 0 aliphatic carbocycles. The molecule has 8 heavy (non-hydrogen) atoms. The minimum atomic E-state index is 0.766. The average molecular weight is 112 g/mol. The van der Waals surface area contributed by atoms with Crippen molar-refractivity contribution < 1.29 is 0 Å². The molecule has 0 saturated heterocycles. The fraction of sp³-hybridized carbons (Fsp3) is 0.400. The summed E-state index contributed by atoms with van der Waals surface area (Å²) in [6.07, 6.45) is 2.79. The molecule has 0 aliphatic heterocycles. The molecule has 0 amide bonds. The van der Waals surface area contributed by atoms with Gasteiger partial charge in [-0.2, -0.15) is 0 Å². The summed E-state index contributed by atoms with van der Waals surface area (Å²) in [5.74, 6) is 0. The van der Waals surface area contributed by atoms with Crippen LogP contribution in [0.3, 0.4) is 0 Å². The molecule has 0 N–H and O–H groups in total. The van der Waals surface area contributed by atoms with Gasteiger partial charge in [0.25, 0.3) is 0 Å². The maximum Gasteiger partial charge on any atom is 0.0759 e. The molecule has 3 nitrogen and oxygen atoms in total. The summed E-state index contributed by atoms with van der Waals surface area (Å²) in [5.41, 5.74) is 0.766. The van der Waals surface area contributed by atoms with Crippen LogP contribution in [0.4, 0.5) is 0 Å². The van der Waals surface area contributed by atoms with E-state index in [-0.39, 0.29) is 0 Å². The van der Waals surface area contributed by atoms with Gasteiger partial charge in [0.2, 0.25) is 0 Å². The van der Waals surface area contributed by atoms with Crippen LogP contribution in [0.1, 0.15) is 6.92 Å². The molecule has 0 bridgehead atoms. The van der Waals surface area contributed by atoms with Crippen LogP contribution < -0.4 is 0 Å². The molecule has 0 spiro atoms. The molecule has 0 heterocycles. The maximum atomic E-state index is 9.50. The lowest BCUT2D eigenvalue weighted by molar-refractivity contribution is 1.41. The molecular formula is C5H8N2O. The monoisotopic (exact) mass is 112 g/mol. The Bertz CT molecular complexity index is 126. The van der Waals surface area contributed by atoms with Crippen LogP contribution in [0.25, 0.3) is 0 Å². The van der Waals surface area contributed by atoms with Crippen molar-refractivity contribution in [1.29, 1.82) is 0 Å². The van der Waals surface area contributed by atoms with Crippen LogP contribution in [0, 0.1) is 4.91 Å². The molecule has 0 aliphatic rings. The number of hydrogen-bond donors (Lipinski definition) is 0.